The van der Waals surface area contributed by atoms with E-state index in [-0.39, 0.29) is 12.7 Å². The van der Waals surface area contributed by atoms with Crippen molar-refractivity contribution in [3.05, 3.63) is 30.3 Å². The molecule has 1 rings (SSSR count). The molecule has 1 atom stereocenters. The molecule has 24 heavy (non-hydrogen) atoms. The summed E-state index contributed by atoms with van der Waals surface area (Å²) >= 11 is 0. The molecule has 0 N–H and O–H groups in total. The number of benzene rings is 1. The fourth-order valence-electron chi connectivity index (χ4n) is 2.03. The number of hydrogen-bond acceptors (Lipinski definition) is 3. The van der Waals surface area contributed by atoms with Crippen LogP contribution in [-0.4, -0.2) is 41.0 Å². The molecule has 0 aliphatic heterocycles. The summed E-state index contributed by atoms with van der Waals surface area (Å²) in [4.78, 5) is 0. The van der Waals surface area contributed by atoms with Crippen molar-refractivity contribution in [2.75, 3.05) is 20.4 Å². The van der Waals surface area contributed by atoms with Gasteiger partial charge in [0.2, 0.25) is 0 Å². The molecule has 0 fully saturated rings. The van der Waals surface area contributed by atoms with E-state index in [9.17, 15) is 22.0 Å². The molecule has 0 amide bonds. The third-order valence-electron chi connectivity index (χ3n) is 3.58. The second kappa shape index (κ2) is 8.26. The molecule has 0 spiro atoms. The highest BCUT2D eigenvalue weighted by molar-refractivity contribution is 6.69. The molecule has 1 aromatic carbocycles. The summed E-state index contributed by atoms with van der Waals surface area (Å²) in [6, 6.07) is 8.44. The van der Waals surface area contributed by atoms with E-state index in [1.54, 1.807) is 30.3 Å². The monoisotopic (exact) mass is 372 g/mol. The standard InChI is InChI=1S/C15H21F5O3Si/c1-12(2)24(21-3,23-15(19,20)14(17,18)11-16)10-9-22-13-7-5-4-6-8-13/h4-8,12H,9-11H2,1-3H3. The van der Waals surface area contributed by atoms with Crippen LogP contribution in [-0.2, 0) is 8.85 Å². The lowest BCUT2D eigenvalue weighted by Gasteiger charge is -2.37. The third-order valence-corrected chi connectivity index (χ3v) is 7.54. The van der Waals surface area contributed by atoms with Gasteiger partial charge in [-0.15, -0.1) is 0 Å². The highest BCUT2D eigenvalue weighted by atomic mass is 28.4. The average Bonchev–Trinajstić information content (AvgIpc) is 2.54. The Bertz CT molecular complexity index is 501. The number of halogens is 5. The highest BCUT2D eigenvalue weighted by Crippen LogP contribution is 2.41. The van der Waals surface area contributed by atoms with Gasteiger partial charge in [0, 0.05) is 13.2 Å². The molecule has 138 valence electrons. The number of hydrogen-bond donors (Lipinski definition) is 0. The molecular weight excluding hydrogens is 351 g/mol. The van der Waals surface area contributed by atoms with Crippen molar-refractivity contribution in [3.8, 4) is 5.75 Å². The van der Waals surface area contributed by atoms with E-state index in [0.29, 0.717) is 5.75 Å². The van der Waals surface area contributed by atoms with Crippen LogP contribution in [0.3, 0.4) is 0 Å². The molecule has 1 aromatic rings. The largest absolute Gasteiger partial charge is 0.494 e. The Morgan fingerprint density at radius 1 is 1.08 bits per heavy atom. The second-order valence-corrected chi connectivity index (χ2v) is 9.43. The molecular formula is C15H21F5O3Si. The number of rotatable bonds is 10. The van der Waals surface area contributed by atoms with Crippen molar-refractivity contribution < 1.29 is 35.5 Å². The van der Waals surface area contributed by atoms with E-state index in [2.05, 4.69) is 4.43 Å². The van der Waals surface area contributed by atoms with Gasteiger partial charge < -0.3 is 13.6 Å². The molecule has 0 radical (unpaired) electrons. The molecule has 0 saturated carbocycles. The second-order valence-electron chi connectivity index (χ2n) is 5.54. The van der Waals surface area contributed by atoms with Gasteiger partial charge in [-0.1, -0.05) is 32.0 Å². The van der Waals surface area contributed by atoms with Crippen molar-refractivity contribution in [2.24, 2.45) is 0 Å². The van der Waals surface area contributed by atoms with E-state index in [4.69, 9.17) is 9.16 Å². The minimum Gasteiger partial charge on any atom is -0.494 e. The lowest BCUT2D eigenvalue weighted by atomic mass is 10.3. The van der Waals surface area contributed by atoms with Gasteiger partial charge in [0.1, 0.15) is 5.75 Å². The summed E-state index contributed by atoms with van der Waals surface area (Å²) < 4.78 is 80.9. The number of para-hydroxylation sites is 1. The lowest BCUT2D eigenvalue weighted by Crippen LogP contribution is -2.56. The van der Waals surface area contributed by atoms with Crippen molar-refractivity contribution in [3.63, 3.8) is 0 Å². The zero-order chi connectivity index (χ0) is 18.4. The lowest BCUT2D eigenvalue weighted by molar-refractivity contribution is -0.322. The van der Waals surface area contributed by atoms with E-state index in [0.717, 1.165) is 7.11 Å². The summed E-state index contributed by atoms with van der Waals surface area (Å²) in [6.07, 6.45) is -4.96. The Kier molecular flexibility index (Phi) is 7.18. The van der Waals surface area contributed by atoms with E-state index in [1.165, 1.54) is 13.8 Å². The van der Waals surface area contributed by atoms with E-state index < -0.39 is 32.8 Å². The maximum Gasteiger partial charge on any atom is 0.414 e. The molecule has 0 saturated heterocycles. The van der Waals surface area contributed by atoms with Gasteiger partial charge in [0.05, 0.1) is 6.61 Å². The van der Waals surface area contributed by atoms with Gasteiger partial charge in [0.25, 0.3) is 0 Å². The quantitative estimate of drug-likeness (QED) is 0.437. The number of alkyl halides is 5. The predicted octanol–water partition coefficient (Wildman–Crippen LogP) is 4.78. The molecule has 0 aromatic heterocycles. The first-order valence-electron chi connectivity index (χ1n) is 7.35. The van der Waals surface area contributed by atoms with E-state index in [1.807, 2.05) is 0 Å². The highest BCUT2D eigenvalue weighted by Gasteiger charge is 2.63. The van der Waals surface area contributed by atoms with Crippen LogP contribution in [0.2, 0.25) is 11.6 Å². The maximum atomic E-state index is 13.7. The summed E-state index contributed by atoms with van der Waals surface area (Å²) in [5.41, 5.74) is -0.580. The van der Waals surface area contributed by atoms with E-state index >= 15 is 0 Å². The smallest absolute Gasteiger partial charge is 0.414 e. The van der Waals surface area contributed by atoms with Gasteiger partial charge in [-0.2, -0.15) is 17.6 Å². The molecule has 1 unspecified atom stereocenters. The topological polar surface area (TPSA) is 27.7 Å². The first kappa shape index (κ1) is 20.9. The molecule has 0 aliphatic rings. The Hall–Kier alpha value is -1.19. The van der Waals surface area contributed by atoms with Crippen LogP contribution in [0.5, 0.6) is 5.75 Å². The van der Waals surface area contributed by atoms with Gasteiger partial charge in [-0.3, -0.25) is 0 Å². The maximum absolute atomic E-state index is 13.7. The zero-order valence-corrected chi connectivity index (χ0v) is 14.7. The molecule has 0 bridgehead atoms. The van der Waals surface area contributed by atoms with Crippen molar-refractivity contribution in [1.29, 1.82) is 0 Å². The van der Waals surface area contributed by atoms with Crippen LogP contribution in [0, 0.1) is 0 Å². The van der Waals surface area contributed by atoms with Crippen molar-refractivity contribution in [1.82, 2.24) is 0 Å². The molecule has 0 heterocycles. The Morgan fingerprint density at radius 3 is 2.12 bits per heavy atom. The summed E-state index contributed by atoms with van der Waals surface area (Å²) in [6.45, 7) is 0.482. The van der Waals surface area contributed by atoms with Gasteiger partial charge in [-0.05, 0) is 17.7 Å². The zero-order valence-electron chi connectivity index (χ0n) is 13.7. The van der Waals surface area contributed by atoms with Gasteiger partial charge in [0.15, 0.2) is 6.67 Å². The Balaban J connectivity index is 2.86. The Labute approximate surface area is 139 Å². The normalized spacial score (nSPS) is 15.4. The van der Waals surface area contributed by atoms with Crippen LogP contribution in [0.1, 0.15) is 13.8 Å². The van der Waals surface area contributed by atoms with Crippen LogP contribution >= 0.6 is 0 Å². The van der Waals surface area contributed by atoms with Crippen LogP contribution in [0.15, 0.2) is 30.3 Å². The fraction of sp³-hybridized carbons (Fsp3) is 0.600. The summed E-state index contributed by atoms with van der Waals surface area (Å²) in [5, 5.41) is 0. The SMILES string of the molecule is CO[Si](CCOc1ccccc1)(OC(F)(F)C(F)(F)CF)C(C)C. The predicted molar refractivity (Wildman–Crippen MR) is 81.6 cm³/mol. The van der Waals surface area contributed by atoms with Crippen LogP contribution in [0.4, 0.5) is 22.0 Å². The summed E-state index contributed by atoms with van der Waals surface area (Å²) in [5.74, 6) is -4.42. The molecule has 3 nitrogen and oxygen atoms in total. The van der Waals surface area contributed by atoms with Gasteiger partial charge >= 0.3 is 20.6 Å². The first-order valence-corrected chi connectivity index (χ1v) is 9.45. The molecule has 0 aliphatic carbocycles. The van der Waals surface area contributed by atoms with Crippen LogP contribution in [0.25, 0.3) is 0 Å². The first-order chi connectivity index (χ1) is 11.1. The minimum atomic E-state index is -4.96. The molecule has 9 heteroatoms. The van der Waals surface area contributed by atoms with Gasteiger partial charge in [-0.25, -0.2) is 4.39 Å². The van der Waals surface area contributed by atoms with Crippen LogP contribution < -0.4 is 4.74 Å². The Morgan fingerprint density at radius 2 is 1.67 bits per heavy atom. The number of ether oxygens (including phenoxy) is 1. The van der Waals surface area contributed by atoms with Crippen molar-refractivity contribution >= 4 is 8.56 Å². The third kappa shape index (κ3) is 4.90. The van der Waals surface area contributed by atoms with Crippen molar-refractivity contribution in [2.45, 2.75) is 37.5 Å². The average molecular weight is 372 g/mol. The minimum absolute atomic E-state index is 0.0560. The fourth-order valence-corrected chi connectivity index (χ4v) is 4.68. The summed E-state index contributed by atoms with van der Waals surface area (Å²) in [7, 11) is -2.66.